The second kappa shape index (κ2) is 5.90. The van der Waals surface area contributed by atoms with Crippen molar-refractivity contribution in [2.45, 2.75) is 19.8 Å². The molecule has 1 aromatic rings. The first-order valence-electron chi connectivity index (χ1n) is 5.33. The number of unbranched alkanes of at least 4 members (excludes halogenated alkanes) is 1. The van der Waals surface area contributed by atoms with Crippen LogP contribution in [-0.4, -0.2) is 12.5 Å². The Bertz CT molecular complexity index is 440. The maximum absolute atomic E-state index is 13.4. The maximum Gasteiger partial charge on any atom is 0.251 e. The Kier molecular flexibility index (Phi) is 4.53. The zero-order valence-corrected chi connectivity index (χ0v) is 9.72. The van der Waals surface area contributed by atoms with Crippen LogP contribution in [0.25, 0.3) is 0 Å². The Hall–Kier alpha value is -2.02. The molecule has 1 aromatic carbocycles. The van der Waals surface area contributed by atoms with Crippen LogP contribution in [0.2, 0.25) is 0 Å². The van der Waals surface area contributed by atoms with Gasteiger partial charge in [0, 0.05) is 29.8 Å². The molecule has 0 aromatic heterocycles. The third-order valence-electron chi connectivity index (χ3n) is 2.43. The van der Waals surface area contributed by atoms with Crippen molar-refractivity contribution in [2.75, 3.05) is 12.3 Å². The van der Waals surface area contributed by atoms with Gasteiger partial charge in [-0.25, -0.2) is 4.39 Å². The molecule has 0 heterocycles. The fourth-order valence-electron chi connectivity index (χ4n) is 1.33. The van der Waals surface area contributed by atoms with Crippen molar-refractivity contribution in [3.63, 3.8) is 0 Å². The summed E-state index contributed by atoms with van der Waals surface area (Å²) in [5.74, 6) is 1.66. The summed E-state index contributed by atoms with van der Waals surface area (Å²) in [6.45, 7) is 2.04. The molecule has 1 rings (SSSR count). The number of hydrogen-bond donors (Lipinski definition) is 2. The van der Waals surface area contributed by atoms with Gasteiger partial charge >= 0.3 is 0 Å². The van der Waals surface area contributed by atoms with E-state index in [4.69, 9.17) is 12.2 Å². The Morgan fingerprint density at radius 1 is 1.59 bits per heavy atom. The Morgan fingerprint density at radius 2 is 2.29 bits per heavy atom. The van der Waals surface area contributed by atoms with E-state index < -0.39 is 5.82 Å². The minimum absolute atomic E-state index is 0.228. The van der Waals surface area contributed by atoms with E-state index >= 15 is 0 Å². The Morgan fingerprint density at radius 3 is 2.88 bits per heavy atom. The highest BCUT2D eigenvalue weighted by Crippen LogP contribution is 2.17. The number of nitrogen functional groups attached to an aromatic ring is 1. The van der Waals surface area contributed by atoms with E-state index in [-0.39, 0.29) is 17.2 Å². The molecule has 0 spiro atoms. The van der Waals surface area contributed by atoms with Crippen LogP contribution in [0.3, 0.4) is 0 Å². The van der Waals surface area contributed by atoms with Crippen LogP contribution in [0.1, 0.15) is 28.8 Å². The molecule has 0 unspecified atom stereocenters. The number of nitrogens with two attached hydrogens (primary N) is 1. The van der Waals surface area contributed by atoms with Gasteiger partial charge in [-0.15, -0.1) is 12.3 Å². The topological polar surface area (TPSA) is 55.1 Å². The summed E-state index contributed by atoms with van der Waals surface area (Å²) in [5.41, 5.74) is 6.45. The number of hydrogen-bond acceptors (Lipinski definition) is 2. The zero-order valence-electron chi connectivity index (χ0n) is 9.72. The number of rotatable bonds is 4. The second-order valence-electron chi connectivity index (χ2n) is 3.74. The average Bonchev–Trinajstić information content (AvgIpc) is 2.30. The highest BCUT2D eigenvalue weighted by Gasteiger charge is 2.10. The number of terminal acetylenes is 1. The normalized spacial score (nSPS) is 9.71. The van der Waals surface area contributed by atoms with Gasteiger partial charge in [0.25, 0.3) is 5.91 Å². The van der Waals surface area contributed by atoms with Crippen LogP contribution < -0.4 is 11.1 Å². The van der Waals surface area contributed by atoms with Crippen molar-refractivity contribution in [2.24, 2.45) is 0 Å². The van der Waals surface area contributed by atoms with Gasteiger partial charge in [0.15, 0.2) is 0 Å². The molecule has 3 nitrogen and oxygen atoms in total. The maximum atomic E-state index is 13.4. The van der Waals surface area contributed by atoms with Gasteiger partial charge in [0.2, 0.25) is 0 Å². The SMILES string of the molecule is C#CCCCNC(=O)c1cc(N)c(C)c(F)c1. The molecule has 90 valence electrons. The number of benzene rings is 1. The molecule has 0 aliphatic carbocycles. The lowest BCUT2D eigenvalue weighted by atomic mass is 10.1. The molecular weight excluding hydrogens is 219 g/mol. The number of halogens is 1. The Balaban J connectivity index is 2.67. The van der Waals surface area contributed by atoms with Crippen LogP contribution in [0.4, 0.5) is 10.1 Å². The van der Waals surface area contributed by atoms with Crippen LogP contribution in [-0.2, 0) is 0 Å². The summed E-state index contributed by atoms with van der Waals surface area (Å²) in [4.78, 5) is 11.6. The van der Waals surface area contributed by atoms with Crippen LogP contribution in [0, 0.1) is 25.1 Å². The van der Waals surface area contributed by atoms with E-state index in [1.165, 1.54) is 12.1 Å². The average molecular weight is 234 g/mol. The lowest BCUT2D eigenvalue weighted by Crippen LogP contribution is -2.24. The summed E-state index contributed by atoms with van der Waals surface area (Å²) in [5, 5.41) is 2.65. The van der Waals surface area contributed by atoms with Crippen molar-refractivity contribution >= 4 is 11.6 Å². The van der Waals surface area contributed by atoms with Crippen molar-refractivity contribution in [3.05, 3.63) is 29.1 Å². The summed E-state index contributed by atoms with van der Waals surface area (Å²) < 4.78 is 13.4. The Labute approximate surface area is 100 Å². The zero-order chi connectivity index (χ0) is 12.8. The van der Waals surface area contributed by atoms with Crippen molar-refractivity contribution in [1.29, 1.82) is 0 Å². The molecule has 17 heavy (non-hydrogen) atoms. The fourth-order valence-corrected chi connectivity index (χ4v) is 1.33. The smallest absolute Gasteiger partial charge is 0.251 e. The molecule has 0 atom stereocenters. The number of amides is 1. The summed E-state index contributed by atoms with van der Waals surface area (Å²) >= 11 is 0. The lowest BCUT2D eigenvalue weighted by molar-refractivity contribution is 0.0953. The molecule has 0 aliphatic heterocycles. The van der Waals surface area contributed by atoms with E-state index in [9.17, 15) is 9.18 Å². The van der Waals surface area contributed by atoms with E-state index in [1.807, 2.05) is 0 Å². The fraction of sp³-hybridized carbons (Fsp3) is 0.308. The largest absolute Gasteiger partial charge is 0.398 e. The standard InChI is InChI=1S/C13H15FN2O/c1-3-4-5-6-16-13(17)10-7-11(14)9(2)12(15)8-10/h1,7-8H,4-6,15H2,2H3,(H,16,17). The van der Waals surface area contributed by atoms with Crippen LogP contribution >= 0.6 is 0 Å². The summed E-state index contributed by atoms with van der Waals surface area (Å²) in [6.07, 6.45) is 6.39. The molecular formula is C13H15FN2O. The minimum atomic E-state index is -0.473. The monoisotopic (exact) mass is 234 g/mol. The molecule has 0 bridgehead atoms. The molecule has 0 fully saturated rings. The number of carbonyl (C=O) groups excluding carboxylic acids is 1. The van der Waals surface area contributed by atoms with Gasteiger partial charge in [-0.05, 0) is 25.5 Å². The molecule has 4 heteroatoms. The quantitative estimate of drug-likeness (QED) is 0.474. The summed E-state index contributed by atoms with van der Waals surface area (Å²) in [7, 11) is 0. The minimum Gasteiger partial charge on any atom is -0.398 e. The summed E-state index contributed by atoms with van der Waals surface area (Å²) in [6, 6.07) is 2.65. The number of carbonyl (C=O) groups is 1. The van der Waals surface area contributed by atoms with Gasteiger partial charge in [0.05, 0.1) is 0 Å². The highest BCUT2D eigenvalue weighted by atomic mass is 19.1. The van der Waals surface area contributed by atoms with Crippen molar-refractivity contribution in [3.8, 4) is 12.3 Å². The lowest BCUT2D eigenvalue weighted by Gasteiger charge is -2.07. The van der Waals surface area contributed by atoms with E-state index in [1.54, 1.807) is 6.92 Å². The van der Waals surface area contributed by atoms with Gasteiger partial charge in [-0.2, -0.15) is 0 Å². The predicted octanol–water partition coefficient (Wildman–Crippen LogP) is 1.86. The van der Waals surface area contributed by atoms with E-state index in [2.05, 4.69) is 11.2 Å². The van der Waals surface area contributed by atoms with Gasteiger partial charge in [-0.3, -0.25) is 4.79 Å². The van der Waals surface area contributed by atoms with Gasteiger partial charge < -0.3 is 11.1 Å². The van der Waals surface area contributed by atoms with Crippen LogP contribution in [0.5, 0.6) is 0 Å². The molecule has 0 saturated heterocycles. The first-order valence-corrected chi connectivity index (χ1v) is 5.33. The highest BCUT2D eigenvalue weighted by molar-refractivity contribution is 5.95. The molecule has 0 saturated carbocycles. The molecule has 1 amide bonds. The molecule has 0 aliphatic rings. The first-order chi connectivity index (χ1) is 8.06. The van der Waals surface area contributed by atoms with Gasteiger partial charge in [-0.1, -0.05) is 0 Å². The number of anilines is 1. The second-order valence-corrected chi connectivity index (χ2v) is 3.74. The third kappa shape index (κ3) is 3.49. The van der Waals surface area contributed by atoms with Crippen molar-refractivity contribution in [1.82, 2.24) is 5.32 Å². The molecule has 3 N–H and O–H groups in total. The first kappa shape index (κ1) is 13.0. The third-order valence-corrected chi connectivity index (χ3v) is 2.43. The van der Waals surface area contributed by atoms with E-state index in [0.29, 0.717) is 24.9 Å². The number of nitrogens with one attached hydrogen (secondary N) is 1. The van der Waals surface area contributed by atoms with Gasteiger partial charge in [0.1, 0.15) is 5.82 Å². The predicted molar refractivity (Wildman–Crippen MR) is 65.9 cm³/mol. The van der Waals surface area contributed by atoms with Crippen LogP contribution in [0.15, 0.2) is 12.1 Å². The van der Waals surface area contributed by atoms with Crippen molar-refractivity contribution < 1.29 is 9.18 Å². The van der Waals surface area contributed by atoms with E-state index in [0.717, 1.165) is 0 Å². The molecule has 0 radical (unpaired) electrons.